The van der Waals surface area contributed by atoms with Gasteiger partial charge in [-0.1, -0.05) is 30.3 Å². The molecule has 1 saturated heterocycles. The molecule has 1 aromatic carbocycles. The zero-order chi connectivity index (χ0) is 23.8. The summed E-state index contributed by atoms with van der Waals surface area (Å²) in [5.74, 6) is -3.14. The normalized spacial score (nSPS) is 18.5. The second-order valence-corrected chi connectivity index (χ2v) is 9.46. The van der Waals surface area contributed by atoms with E-state index in [1.165, 1.54) is 11.3 Å². The van der Waals surface area contributed by atoms with Gasteiger partial charge in [0.15, 0.2) is 5.13 Å². The molecule has 2 N–H and O–H groups in total. The number of halogens is 3. The van der Waals surface area contributed by atoms with Crippen molar-refractivity contribution in [2.24, 2.45) is 0 Å². The number of likely N-dealkylation sites (tertiary alicyclic amines) is 1. The van der Waals surface area contributed by atoms with Crippen LogP contribution in [0.2, 0.25) is 0 Å². The molecule has 2 atom stereocenters. The van der Waals surface area contributed by atoms with Gasteiger partial charge >= 0.3 is 12.1 Å². The molecule has 1 aliphatic heterocycles. The Morgan fingerprint density at radius 3 is 2.61 bits per heavy atom. The molecule has 3 aromatic rings. The first-order chi connectivity index (χ1) is 15.7. The highest BCUT2D eigenvalue weighted by Crippen LogP contribution is 2.36. The van der Waals surface area contributed by atoms with Crippen LogP contribution in [0.4, 0.5) is 18.3 Å². The fourth-order valence-corrected chi connectivity index (χ4v) is 5.48. The number of carbonyl (C=O) groups excluding carboxylic acids is 2. The first-order valence-corrected chi connectivity index (χ1v) is 11.6. The van der Waals surface area contributed by atoms with Crippen LogP contribution in [0.3, 0.4) is 0 Å². The van der Waals surface area contributed by atoms with Crippen molar-refractivity contribution in [3.63, 3.8) is 0 Å². The number of aromatic nitrogens is 2. The van der Waals surface area contributed by atoms with Crippen LogP contribution in [0.25, 0.3) is 10.6 Å². The van der Waals surface area contributed by atoms with E-state index >= 15 is 0 Å². The second-order valence-electron chi connectivity index (χ2n) is 7.52. The average Bonchev–Trinajstić information content (AvgIpc) is 3.51. The van der Waals surface area contributed by atoms with Gasteiger partial charge in [-0.15, -0.1) is 22.7 Å². The molecule has 1 aliphatic rings. The molecule has 0 bridgehead atoms. The Labute approximate surface area is 194 Å². The van der Waals surface area contributed by atoms with Crippen molar-refractivity contribution >= 4 is 39.6 Å². The minimum Gasteiger partial charge on any atom is -0.389 e. The summed E-state index contributed by atoms with van der Waals surface area (Å²) in [6, 6.07) is 7.58. The van der Waals surface area contributed by atoms with E-state index in [1.807, 2.05) is 0 Å². The highest BCUT2D eigenvalue weighted by molar-refractivity contribution is 7.17. The number of alkyl halides is 3. The Balaban J connectivity index is 1.54. The van der Waals surface area contributed by atoms with Crippen molar-refractivity contribution in [1.82, 2.24) is 14.9 Å². The first-order valence-electron chi connectivity index (χ1n) is 9.94. The lowest BCUT2D eigenvalue weighted by atomic mass is 9.96. The van der Waals surface area contributed by atoms with Crippen LogP contribution in [0.15, 0.2) is 35.7 Å². The summed E-state index contributed by atoms with van der Waals surface area (Å²) in [4.78, 5) is 34.9. The number of aryl methyl sites for hydroxylation is 1. The van der Waals surface area contributed by atoms with Crippen molar-refractivity contribution in [3.8, 4) is 10.6 Å². The number of aliphatic hydroxyl groups excluding tert-OH is 1. The molecule has 7 nitrogen and oxygen atoms in total. The monoisotopic (exact) mass is 496 g/mol. The number of benzene rings is 1. The predicted molar refractivity (Wildman–Crippen MR) is 118 cm³/mol. The standard InChI is InChI=1S/C21H19F3N4O3S2/c1-11-17(33-16(9-29)25-11)14-10-32-20(26-14)27-18(30)15-7-13(12-5-3-2-4-6-12)8-28(15)19(31)21(22,23)24/h2-6,10,13,15,29H,7-9H2,1H3,(H,26,27,30)/t13-,15+/m1/s1. The van der Waals surface area contributed by atoms with E-state index in [9.17, 15) is 27.9 Å². The van der Waals surface area contributed by atoms with E-state index in [4.69, 9.17) is 0 Å². The third-order valence-corrected chi connectivity index (χ3v) is 7.24. The van der Waals surface area contributed by atoms with Gasteiger partial charge in [0.05, 0.1) is 22.9 Å². The van der Waals surface area contributed by atoms with E-state index < -0.39 is 30.0 Å². The van der Waals surface area contributed by atoms with E-state index in [2.05, 4.69) is 15.3 Å². The van der Waals surface area contributed by atoms with Crippen molar-refractivity contribution in [3.05, 3.63) is 52.0 Å². The topological polar surface area (TPSA) is 95.4 Å². The minimum atomic E-state index is -5.08. The molecular weight excluding hydrogens is 477 g/mol. The smallest absolute Gasteiger partial charge is 0.389 e. The van der Waals surface area contributed by atoms with Crippen LogP contribution in [0.5, 0.6) is 0 Å². The number of rotatable bonds is 5. The molecule has 0 spiro atoms. The van der Waals surface area contributed by atoms with Gasteiger partial charge in [-0.25, -0.2) is 9.97 Å². The zero-order valence-corrected chi connectivity index (χ0v) is 18.9. The maximum atomic E-state index is 13.2. The average molecular weight is 497 g/mol. The van der Waals surface area contributed by atoms with Crippen LogP contribution >= 0.6 is 22.7 Å². The third kappa shape index (κ3) is 4.92. The SMILES string of the molecule is Cc1nc(CO)sc1-c1csc(NC(=O)[C@@H]2C[C@@H](c3ccccc3)CN2C(=O)C(F)(F)F)n1. The molecule has 0 radical (unpaired) electrons. The van der Waals surface area contributed by atoms with Crippen molar-refractivity contribution < 1.29 is 27.9 Å². The number of thiazole rings is 2. The van der Waals surface area contributed by atoms with Crippen molar-refractivity contribution in [2.75, 3.05) is 11.9 Å². The van der Waals surface area contributed by atoms with E-state index in [0.717, 1.165) is 21.8 Å². The maximum absolute atomic E-state index is 13.2. The van der Waals surface area contributed by atoms with Gasteiger partial charge in [0, 0.05) is 17.8 Å². The van der Waals surface area contributed by atoms with E-state index in [1.54, 1.807) is 42.6 Å². The number of carbonyl (C=O) groups is 2. The summed E-state index contributed by atoms with van der Waals surface area (Å²) in [7, 11) is 0. The summed E-state index contributed by atoms with van der Waals surface area (Å²) < 4.78 is 39.6. The molecular formula is C21H19F3N4O3S2. The Kier molecular flexibility index (Phi) is 6.50. The molecule has 3 heterocycles. The quantitative estimate of drug-likeness (QED) is 0.558. The largest absolute Gasteiger partial charge is 0.471 e. The van der Waals surface area contributed by atoms with Crippen LogP contribution in [0.1, 0.15) is 28.6 Å². The highest BCUT2D eigenvalue weighted by Gasteiger charge is 2.50. The molecule has 0 saturated carbocycles. The molecule has 4 rings (SSSR count). The number of aliphatic hydroxyl groups is 1. The van der Waals surface area contributed by atoms with Crippen molar-refractivity contribution in [2.45, 2.75) is 38.1 Å². The number of anilines is 1. The molecule has 174 valence electrons. The maximum Gasteiger partial charge on any atom is 0.471 e. The Morgan fingerprint density at radius 2 is 1.97 bits per heavy atom. The summed E-state index contributed by atoms with van der Waals surface area (Å²) >= 11 is 2.38. The number of amides is 2. The van der Waals surface area contributed by atoms with Gasteiger partial charge in [0.25, 0.3) is 0 Å². The lowest BCUT2D eigenvalue weighted by molar-refractivity contribution is -0.186. The number of hydrogen-bond donors (Lipinski definition) is 2. The molecule has 12 heteroatoms. The summed E-state index contributed by atoms with van der Waals surface area (Å²) in [5, 5.41) is 14.2. The minimum absolute atomic E-state index is 0.0731. The van der Waals surface area contributed by atoms with E-state index in [-0.39, 0.29) is 24.7 Å². The van der Waals surface area contributed by atoms with Crippen LogP contribution in [0, 0.1) is 6.92 Å². The van der Waals surface area contributed by atoms with Crippen molar-refractivity contribution in [1.29, 1.82) is 0 Å². The fourth-order valence-electron chi connectivity index (χ4n) is 3.82. The second kappa shape index (κ2) is 9.20. The van der Waals surface area contributed by atoms with E-state index in [0.29, 0.717) is 21.3 Å². The molecule has 2 aromatic heterocycles. The molecule has 1 fully saturated rings. The van der Waals surface area contributed by atoms with Crippen LogP contribution in [-0.2, 0) is 16.2 Å². The first kappa shape index (κ1) is 23.3. The highest BCUT2D eigenvalue weighted by atomic mass is 32.1. The Morgan fingerprint density at radius 1 is 1.24 bits per heavy atom. The van der Waals surface area contributed by atoms with Crippen LogP contribution in [-0.4, -0.2) is 50.6 Å². The lowest BCUT2D eigenvalue weighted by Gasteiger charge is -2.24. The Hall–Kier alpha value is -2.83. The Bertz CT molecular complexity index is 1160. The summed E-state index contributed by atoms with van der Waals surface area (Å²) in [6.45, 7) is 1.37. The fraction of sp³-hybridized carbons (Fsp3) is 0.333. The zero-order valence-electron chi connectivity index (χ0n) is 17.3. The van der Waals surface area contributed by atoms with Gasteiger partial charge < -0.3 is 15.3 Å². The number of nitrogens with one attached hydrogen (secondary N) is 1. The molecule has 0 aliphatic carbocycles. The van der Waals surface area contributed by atoms with Gasteiger partial charge in [0.2, 0.25) is 5.91 Å². The molecule has 2 amide bonds. The van der Waals surface area contributed by atoms with Gasteiger partial charge in [-0.2, -0.15) is 13.2 Å². The van der Waals surface area contributed by atoms with Gasteiger partial charge in [-0.05, 0) is 18.9 Å². The third-order valence-electron chi connectivity index (χ3n) is 5.32. The van der Waals surface area contributed by atoms with Crippen LogP contribution < -0.4 is 5.32 Å². The van der Waals surface area contributed by atoms with Gasteiger partial charge in [-0.3, -0.25) is 9.59 Å². The number of nitrogens with zero attached hydrogens (tertiary/aromatic N) is 3. The lowest BCUT2D eigenvalue weighted by Crippen LogP contribution is -2.48. The predicted octanol–water partition coefficient (Wildman–Crippen LogP) is 3.95. The number of hydrogen-bond acceptors (Lipinski definition) is 7. The summed E-state index contributed by atoms with van der Waals surface area (Å²) in [6.07, 6.45) is -5.00. The molecule has 33 heavy (non-hydrogen) atoms. The molecule has 0 unspecified atom stereocenters. The summed E-state index contributed by atoms with van der Waals surface area (Å²) in [5.41, 5.74) is 1.99. The van der Waals surface area contributed by atoms with Gasteiger partial charge in [0.1, 0.15) is 11.0 Å².